The summed E-state index contributed by atoms with van der Waals surface area (Å²) in [4.78, 5) is 31.6. The molecule has 3 aromatic rings. The molecule has 0 fully saturated rings. The van der Waals surface area contributed by atoms with Crippen LogP contribution in [0.25, 0.3) is 11.3 Å². The highest BCUT2D eigenvalue weighted by Gasteiger charge is 2.25. The van der Waals surface area contributed by atoms with Gasteiger partial charge in [0.05, 0.1) is 30.9 Å². The second-order valence-electron chi connectivity index (χ2n) is 5.21. The van der Waals surface area contributed by atoms with Crippen LogP contribution in [0.3, 0.4) is 0 Å². The molecule has 2 heterocycles. The molecule has 0 aliphatic rings. The van der Waals surface area contributed by atoms with Crippen LogP contribution in [-0.2, 0) is 0 Å². The van der Waals surface area contributed by atoms with Gasteiger partial charge in [-0.2, -0.15) is 0 Å². The van der Waals surface area contributed by atoms with E-state index in [1.807, 2.05) is 0 Å². The maximum absolute atomic E-state index is 12.6. The molecule has 27 heavy (non-hydrogen) atoms. The Bertz CT molecular complexity index is 990. The van der Waals surface area contributed by atoms with Gasteiger partial charge >= 0.3 is 0 Å². The minimum Gasteiger partial charge on any atom is -0.493 e. The van der Waals surface area contributed by atoms with E-state index in [0.717, 1.165) is 11.6 Å². The number of anilines is 1. The summed E-state index contributed by atoms with van der Waals surface area (Å²) in [5.41, 5.74) is 0.965. The van der Waals surface area contributed by atoms with Crippen LogP contribution in [0.4, 0.5) is 10.8 Å². The predicted molar refractivity (Wildman–Crippen MR) is 99.5 cm³/mol. The highest BCUT2D eigenvalue weighted by molar-refractivity contribution is 7.14. The fourth-order valence-corrected chi connectivity index (χ4v) is 3.07. The molecule has 1 N–H and O–H groups in total. The van der Waals surface area contributed by atoms with E-state index in [1.165, 1.54) is 31.6 Å². The number of methoxy groups -OCH3 is 2. The molecule has 138 valence electrons. The van der Waals surface area contributed by atoms with Crippen molar-refractivity contribution < 1.29 is 19.2 Å². The molecule has 0 aliphatic carbocycles. The van der Waals surface area contributed by atoms with Crippen molar-refractivity contribution in [1.82, 2.24) is 9.97 Å². The minimum atomic E-state index is -0.668. The van der Waals surface area contributed by atoms with Gasteiger partial charge in [0.25, 0.3) is 11.6 Å². The Morgan fingerprint density at radius 2 is 1.85 bits per heavy atom. The van der Waals surface area contributed by atoms with Gasteiger partial charge in [-0.3, -0.25) is 25.2 Å². The first-order chi connectivity index (χ1) is 13.0. The Labute approximate surface area is 157 Å². The summed E-state index contributed by atoms with van der Waals surface area (Å²) in [5, 5.41) is 16.0. The number of nitro groups is 1. The van der Waals surface area contributed by atoms with E-state index in [0.29, 0.717) is 10.8 Å². The molecule has 0 atom stereocenters. The number of hydrogen-bond donors (Lipinski definition) is 1. The molecule has 0 aliphatic heterocycles. The standard InChI is InChI=1S/C17H14N4O5S/c1-25-14-7-11(13(21(23)24)8-15(14)26-2)16(22)20-17-19-12(9-27-17)10-3-5-18-6-4-10/h3-9H,1-2H3,(H,19,20,22). The van der Waals surface area contributed by atoms with Gasteiger partial charge in [0, 0.05) is 29.4 Å². The number of aromatic nitrogens is 2. The predicted octanol–water partition coefficient (Wildman–Crippen LogP) is 3.38. The largest absolute Gasteiger partial charge is 0.493 e. The third-order valence-electron chi connectivity index (χ3n) is 3.64. The smallest absolute Gasteiger partial charge is 0.286 e. The summed E-state index contributed by atoms with van der Waals surface area (Å²) in [7, 11) is 2.74. The average molecular weight is 386 g/mol. The fourth-order valence-electron chi connectivity index (χ4n) is 2.35. The number of thiazole rings is 1. The van der Waals surface area contributed by atoms with Crippen molar-refractivity contribution in [3.63, 3.8) is 0 Å². The number of nitrogens with one attached hydrogen (secondary N) is 1. The highest BCUT2D eigenvalue weighted by atomic mass is 32.1. The van der Waals surface area contributed by atoms with Gasteiger partial charge in [-0.25, -0.2) is 4.98 Å². The molecule has 10 heteroatoms. The van der Waals surface area contributed by atoms with Crippen molar-refractivity contribution in [2.24, 2.45) is 0 Å². The Morgan fingerprint density at radius 1 is 1.19 bits per heavy atom. The summed E-state index contributed by atoms with van der Waals surface area (Å²) < 4.78 is 10.2. The summed E-state index contributed by atoms with van der Waals surface area (Å²) in [5.74, 6) is -0.293. The number of amides is 1. The van der Waals surface area contributed by atoms with Crippen LogP contribution in [0.2, 0.25) is 0 Å². The van der Waals surface area contributed by atoms with Gasteiger partial charge in [0.1, 0.15) is 5.56 Å². The zero-order chi connectivity index (χ0) is 19.4. The van der Waals surface area contributed by atoms with Crippen LogP contribution in [0, 0.1) is 10.1 Å². The number of nitrogens with zero attached hydrogens (tertiary/aromatic N) is 3. The number of carbonyl (C=O) groups excluding carboxylic acids is 1. The number of benzene rings is 1. The van der Waals surface area contributed by atoms with Crippen molar-refractivity contribution in [1.29, 1.82) is 0 Å². The molecule has 9 nitrogen and oxygen atoms in total. The molecule has 1 aromatic carbocycles. The number of rotatable bonds is 6. The first kappa shape index (κ1) is 18.3. The van der Waals surface area contributed by atoms with Crippen molar-refractivity contribution in [2.45, 2.75) is 0 Å². The molecule has 0 spiro atoms. The molecule has 0 saturated carbocycles. The Kier molecular flexibility index (Phi) is 5.27. The molecule has 0 bridgehead atoms. The van der Waals surface area contributed by atoms with Crippen LogP contribution in [0.15, 0.2) is 42.0 Å². The Balaban J connectivity index is 1.90. The molecule has 0 unspecified atom stereocenters. The lowest BCUT2D eigenvalue weighted by Gasteiger charge is -2.10. The maximum Gasteiger partial charge on any atom is 0.286 e. The Hall–Kier alpha value is -3.53. The number of hydrogen-bond acceptors (Lipinski definition) is 8. The zero-order valence-corrected chi connectivity index (χ0v) is 15.1. The fraction of sp³-hybridized carbons (Fsp3) is 0.118. The van der Waals surface area contributed by atoms with Gasteiger partial charge in [-0.05, 0) is 12.1 Å². The maximum atomic E-state index is 12.6. The van der Waals surface area contributed by atoms with E-state index in [1.54, 1.807) is 29.9 Å². The summed E-state index contributed by atoms with van der Waals surface area (Å²) in [6.45, 7) is 0. The first-order valence-corrected chi connectivity index (χ1v) is 8.49. The van der Waals surface area contributed by atoms with Crippen molar-refractivity contribution >= 4 is 28.1 Å². The van der Waals surface area contributed by atoms with Crippen LogP contribution >= 0.6 is 11.3 Å². The molecule has 0 saturated heterocycles. The minimum absolute atomic E-state index is 0.154. The normalized spacial score (nSPS) is 10.3. The summed E-state index contributed by atoms with van der Waals surface area (Å²) >= 11 is 1.21. The van der Waals surface area contributed by atoms with Crippen LogP contribution in [-0.4, -0.2) is 35.0 Å². The zero-order valence-electron chi connectivity index (χ0n) is 14.3. The van der Waals surface area contributed by atoms with Gasteiger partial charge < -0.3 is 9.47 Å². The molecule has 1 amide bonds. The van der Waals surface area contributed by atoms with E-state index in [2.05, 4.69) is 15.3 Å². The number of nitro benzene ring substituents is 1. The number of ether oxygens (including phenoxy) is 2. The van der Waals surface area contributed by atoms with Gasteiger partial charge in [-0.1, -0.05) is 0 Å². The number of carbonyl (C=O) groups is 1. The summed E-state index contributed by atoms with van der Waals surface area (Å²) in [6.07, 6.45) is 3.28. The van der Waals surface area contributed by atoms with Crippen molar-refractivity contribution in [2.75, 3.05) is 19.5 Å². The molecular weight excluding hydrogens is 372 g/mol. The van der Waals surface area contributed by atoms with E-state index in [-0.39, 0.29) is 17.1 Å². The third-order valence-corrected chi connectivity index (χ3v) is 4.40. The summed E-state index contributed by atoms with van der Waals surface area (Å²) in [6, 6.07) is 6.00. The van der Waals surface area contributed by atoms with Gasteiger partial charge in [0.2, 0.25) is 0 Å². The van der Waals surface area contributed by atoms with Crippen molar-refractivity contribution in [3.05, 3.63) is 57.7 Å². The van der Waals surface area contributed by atoms with Crippen LogP contribution < -0.4 is 14.8 Å². The SMILES string of the molecule is COc1cc(C(=O)Nc2nc(-c3ccncc3)cs2)c([N+](=O)[O-])cc1OC. The molecule has 0 radical (unpaired) electrons. The van der Waals surface area contributed by atoms with Gasteiger partial charge in [0.15, 0.2) is 16.6 Å². The highest BCUT2D eigenvalue weighted by Crippen LogP contribution is 2.35. The lowest BCUT2D eigenvalue weighted by molar-refractivity contribution is -0.385. The van der Waals surface area contributed by atoms with Gasteiger partial charge in [-0.15, -0.1) is 11.3 Å². The Morgan fingerprint density at radius 3 is 2.48 bits per heavy atom. The molecule has 3 rings (SSSR count). The number of pyridine rings is 1. The molecular formula is C17H14N4O5S. The second-order valence-corrected chi connectivity index (χ2v) is 6.07. The average Bonchev–Trinajstić information content (AvgIpc) is 3.15. The van der Waals surface area contributed by atoms with Crippen molar-refractivity contribution in [3.8, 4) is 22.8 Å². The first-order valence-electron chi connectivity index (χ1n) is 7.61. The lowest BCUT2D eigenvalue weighted by Crippen LogP contribution is -2.14. The second kappa shape index (κ2) is 7.79. The van der Waals surface area contributed by atoms with E-state index < -0.39 is 16.5 Å². The third kappa shape index (κ3) is 3.85. The lowest BCUT2D eigenvalue weighted by atomic mass is 10.1. The quantitative estimate of drug-likeness (QED) is 0.510. The topological polar surface area (TPSA) is 116 Å². The van der Waals surface area contributed by atoms with Crippen LogP contribution in [0.5, 0.6) is 11.5 Å². The monoisotopic (exact) mass is 386 g/mol. The molecule has 2 aromatic heterocycles. The van der Waals surface area contributed by atoms with Crippen LogP contribution in [0.1, 0.15) is 10.4 Å². The van der Waals surface area contributed by atoms with E-state index in [4.69, 9.17) is 9.47 Å². The van der Waals surface area contributed by atoms with E-state index >= 15 is 0 Å². The van der Waals surface area contributed by atoms with E-state index in [9.17, 15) is 14.9 Å².